The van der Waals surface area contributed by atoms with Gasteiger partial charge in [0.25, 0.3) is 0 Å². The van der Waals surface area contributed by atoms with Gasteiger partial charge >= 0.3 is 0 Å². The van der Waals surface area contributed by atoms with Crippen molar-refractivity contribution < 1.29 is 19.5 Å². The van der Waals surface area contributed by atoms with Gasteiger partial charge in [0.1, 0.15) is 0 Å². The molecule has 0 fully saturated rings. The molecular weight excluding hydrogens is 252 g/mol. The predicted molar refractivity (Wildman–Crippen MR) is 56.4 cm³/mol. The standard InChI is InChI=1S/C10H14.H3P.Ru/c1-8(2)10-6-4-9(3)5-7-10;;/h4-8H,1-3H3;1H3;. The number of hydrogen-bond acceptors (Lipinski definition) is 0. The zero-order valence-corrected chi connectivity index (χ0v) is 11.1. The van der Waals surface area contributed by atoms with Crippen molar-refractivity contribution in [2.75, 3.05) is 0 Å². The first-order valence-electron chi connectivity index (χ1n) is 3.76. The smallest absolute Gasteiger partial charge is 0 e. The summed E-state index contributed by atoms with van der Waals surface area (Å²) in [5.74, 6) is 0.653. The number of hydrogen-bond donors (Lipinski definition) is 0. The van der Waals surface area contributed by atoms with E-state index in [1.54, 1.807) is 0 Å². The van der Waals surface area contributed by atoms with Crippen molar-refractivity contribution in [2.24, 2.45) is 0 Å². The monoisotopic (exact) mass is 270 g/mol. The van der Waals surface area contributed by atoms with Crippen molar-refractivity contribution in [1.29, 1.82) is 0 Å². The number of rotatable bonds is 1. The molecule has 0 saturated carbocycles. The maximum Gasteiger partial charge on any atom is 0 e. The van der Waals surface area contributed by atoms with E-state index in [0.717, 1.165) is 0 Å². The summed E-state index contributed by atoms with van der Waals surface area (Å²) < 4.78 is 0. The zero-order chi connectivity index (χ0) is 7.56. The second-order valence-corrected chi connectivity index (χ2v) is 3.07. The second-order valence-electron chi connectivity index (χ2n) is 3.07. The molecule has 0 saturated heterocycles. The van der Waals surface area contributed by atoms with Gasteiger partial charge in [0, 0.05) is 19.5 Å². The molecular formula is C10H17PRu. The Morgan fingerprint density at radius 3 is 1.75 bits per heavy atom. The molecule has 0 bridgehead atoms. The van der Waals surface area contributed by atoms with Crippen LogP contribution in [0.25, 0.3) is 0 Å². The van der Waals surface area contributed by atoms with E-state index >= 15 is 0 Å². The van der Waals surface area contributed by atoms with Crippen LogP contribution in [0.3, 0.4) is 0 Å². The molecule has 1 unspecified atom stereocenters. The summed E-state index contributed by atoms with van der Waals surface area (Å²) in [6.45, 7) is 6.54. The van der Waals surface area contributed by atoms with E-state index in [0.29, 0.717) is 5.92 Å². The minimum atomic E-state index is 0. The molecule has 1 aromatic rings. The van der Waals surface area contributed by atoms with Gasteiger partial charge in [0.2, 0.25) is 0 Å². The van der Waals surface area contributed by atoms with Crippen molar-refractivity contribution in [2.45, 2.75) is 26.7 Å². The molecule has 0 aromatic heterocycles. The summed E-state index contributed by atoms with van der Waals surface area (Å²) >= 11 is 0. The van der Waals surface area contributed by atoms with Crippen molar-refractivity contribution in [3.63, 3.8) is 0 Å². The molecule has 2 heteroatoms. The molecule has 1 rings (SSSR count). The molecule has 0 nitrogen and oxygen atoms in total. The Balaban J connectivity index is 0. The van der Waals surface area contributed by atoms with Crippen LogP contribution in [0.2, 0.25) is 0 Å². The average Bonchev–Trinajstić information content (AvgIpc) is 1.88. The van der Waals surface area contributed by atoms with Gasteiger partial charge in [0.05, 0.1) is 0 Å². The molecule has 0 aliphatic heterocycles. The van der Waals surface area contributed by atoms with Crippen LogP contribution in [0.15, 0.2) is 24.3 Å². The van der Waals surface area contributed by atoms with Gasteiger partial charge in [-0.2, -0.15) is 9.90 Å². The first-order valence-corrected chi connectivity index (χ1v) is 3.76. The van der Waals surface area contributed by atoms with Crippen molar-refractivity contribution in [3.05, 3.63) is 35.4 Å². The van der Waals surface area contributed by atoms with E-state index in [1.165, 1.54) is 11.1 Å². The third-order valence-electron chi connectivity index (χ3n) is 1.74. The van der Waals surface area contributed by atoms with E-state index in [9.17, 15) is 0 Å². The molecule has 0 aliphatic rings. The number of benzene rings is 1. The van der Waals surface area contributed by atoms with Crippen LogP contribution in [0.4, 0.5) is 0 Å². The first kappa shape index (κ1) is 14.8. The summed E-state index contributed by atoms with van der Waals surface area (Å²) in [7, 11) is 0. The molecule has 0 N–H and O–H groups in total. The predicted octanol–water partition coefficient (Wildman–Crippen LogP) is 3.17. The average molecular weight is 269 g/mol. The van der Waals surface area contributed by atoms with E-state index in [1.807, 2.05) is 0 Å². The molecule has 1 aromatic carbocycles. The van der Waals surface area contributed by atoms with Gasteiger partial charge in [0.15, 0.2) is 0 Å². The SMILES string of the molecule is Cc1ccc(C(C)C)cc1.P.[Ru]. The zero-order valence-electron chi connectivity index (χ0n) is 7.95. The topological polar surface area (TPSA) is 0 Å². The fourth-order valence-electron chi connectivity index (χ4n) is 0.951. The minimum absolute atomic E-state index is 0. The number of aryl methyl sites for hydroxylation is 1. The van der Waals surface area contributed by atoms with Gasteiger partial charge in [-0.15, -0.1) is 0 Å². The Hall–Kier alpha value is 0.273. The van der Waals surface area contributed by atoms with Gasteiger partial charge in [-0.25, -0.2) is 0 Å². The van der Waals surface area contributed by atoms with Crippen LogP contribution < -0.4 is 0 Å². The molecule has 0 aliphatic carbocycles. The van der Waals surface area contributed by atoms with Crippen LogP contribution in [0.1, 0.15) is 30.9 Å². The Kier molecular flexibility index (Phi) is 8.32. The van der Waals surface area contributed by atoms with Gasteiger partial charge in [-0.05, 0) is 18.4 Å². The quantitative estimate of drug-likeness (QED) is 0.542. The maximum atomic E-state index is 2.21. The summed E-state index contributed by atoms with van der Waals surface area (Å²) in [6.07, 6.45) is 0. The van der Waals surface area contributed by atoms with E-state index in [2.05, 4.69) is 45.0 Å². The Bertz CT molecular complexity index is 204. The normalized spacial score (nSPS) is 8.67. The van der Waals surface area contributed by atoms with Gasteiger partial charge < -0.3 is 0 Å². The summed E-state index contributed by atoms with van der Waals surface area (Å²) in [5, 5.41) is 0. The Morgan fingerprint density at radius 1 is 1.00 bits per heavy atom. The Labute approximate surface area is 91.5 Å². The van der Waals surface area contributed by atoms with Crippen LogP contribution in [-0.4, -0.2) is 0 Å². The van der Waals surface area contributed by atoms with Crippen LogP contribution >= 0.6 is 9.90 Å². The second kappa shape index (κ2) is 6.75. The van der Waals surface area contributed by atoms with Crippen LogP contribution in [0, 0.1) is 6.92 Å². The third-order valence-corrected chi connectivity index (χ3v) is 1.74. The molecule has 0 spiro atoms. The van der Waals surface area contributed by atoms with E-state index in [4.69, 9.17) is 0 Å². The summed E-state index contributed by atoms with van der Waals surface area (Å²) in [5.41, 5.74) is 2.76. The molecule has 0 heterocycles. The molecule has 12 heavy (non-hydrogen) atoms. The van der Waals surface area contributed by atoms with E-state index in [-0.39, 0.29) is 29.4 Å². The molecule has 1 atom stereocenters. The van der Waals surface area contributed by atoms with Crippen molar-refractivity contribution >= 4 is 9.90 Å². The summed E-state index contributed by atoms with van der Waals surface area (Å²) in [6, 6.07) is 8.71. The summed E-state index contributed by atoms with van der Waals surface area (Å²) in [4.78, 5) is 0. The van der Waals surface area contributed by atoms with Crippen molar-refractivity contribution in [3.8, 4) is 0 Å². The molecule has 0 amide bonds. The van der Waals surface area contributed by atoms with Crippen LogP contribution in [-0.2, 0) is 19.5 Å². The van der Waals surface area contributed by atoms with Gasteiger partial charge in [-0.3, -0.25) is 0 Å². The minimum Gasteiger partial charge on any atom is -0.153 e. The third kappa shape index (κ3) is 4.34. The Morgan fingerprint density at radius 2 is 1.42 bits per heavy atom. The molecule has 70 valence electrons. The largest absolute Gasteiger partial charge is 0.153 e. The van der Waals surface area contributed by atoms with Crippen LogP contribution in [0.5, 0.6) is 0 Å². The maximum absolute atomic E-state index is 2.21. The van der Waals surface area contributed by atoms with Crippen molar-refractivity contribution in [1.82, 2.24) is 0 Å². The molecule has 0 radical (unpaired) electrons. The fourth-order valence-corrected chi connectivity index (χ4v) is 0.951. The van der Waals surface area contributed by atoms with E-state index < -0.39 is 0 Å². The van der Waals surface area contributed by atoms with Gasteiger partial charge in [-0.1, -0.05) is 43.7 Å². The first-order chi connectivity index (χ1) is 4.70. The fraction of sp³-hybridized carbons (Fsp3) is 0.400.